The van der Waals surface area contributed by atoms with Crippen molar-refractivity contribution in [2.45, 2.75) is 18.1 Å². The van der Waals surface area contributed by atoms with Crippen LogP contribution in [0.15, 0.2) is 48.5 Å². The molecule has 1 amide bonds. The maximum Gasteiger partial charge on any atom is 0.290 e. The Balaban J connectivity index is 0.000000858. The molecule has 31 heavy (non-hydrogen) atoms. The van der Waals surface area contributed by atoms with E-state index >= 15 is 0 Å². The molecule has 2 aromatic rings. The van der Waals surface area contributed by atoms with Crippen molar-refractivity contribution in [3.8, 4) is 0 Å². The first-order chi connectivity index (χ1) is 15.0. The van der Waals surface area contributed by atoms with Crippen LogP contribution in [-0.2, 0) is 15.1 Å². The summed E-state index contributed by atoms with van der Waals surface area (Å²) in [5.74, 6) is 0.175. The zero-order chi connectivity index (χ0) is 22.3. The third-order valence-corrected chi connectivity index (χ3v) is 5.74. The van der Waals surface area contributed by atoms with Crippen LogP contribution in [0.25, 0.3) is 0 Å². The van der Waals surface area contributed by atoms with Crippen LogP contribution in [0.1, 0.15) is 22.5 Å². The van der Waals surface area contributed by atoms with Gasteiger partial charge in [0.1, 0.15) is 17.1 Å². The first-order valence-corrected chi connectivity index (χ1v) is 10.2. The Kier molecular flexibility index (Phi) is 7.56. The number of nitrogens with zero attached hydrogens (tertiary/aromatic N) is 3. The Morgan fingerprint density at radius 3 is 2.45 bits per heavy atom. The minimum Gasteiger partial charge on any atom is -0.483 e. The SMILES string of the molecule is Nc1cccc(C(=O)N2CC[C@](O)(c3ccccc3)[C@H](N3CCOCC3)C2)n1.O=CO. The summed E-state index contributed by atoms with van der Waals surface area (Å²) in [4.78, 5) is 29.6. The number of aliphatic hydroxyl groups is 1. The Morgan fingerprint density at radius 1 is 1.13 bits per heavy atom. The van der Waals surface area contributed by atoms with Gasteiger partial charge in [0.25, 0.3) is 12.4 Å². The highest BCUT2D eigenvalue weighted by atomic mass is 16.5. The van der Waals surface area contributed by atoms with Crippen LogP contribution >= 0.6 is 0 Å². The molecule has 1 aromatic carbocycles. The number of carbonyl (C=O) groups excluding carboxylic acids is 1. The summed E-state index contributed by atoms with van der Waals surface area (Å²) in [7, 11) is 0. The van der Waals surface area contributed by atoms with Crippen LogP contribution in [0.3, 0.4) is 0 Å². The van der Waals surface area contributed by atoms with E-state index in [1.165, 1.54) is 0 Å². The van der Waals surface area contributed by atoms with E-state index in [1.807, 2.05) is 30.3 Å². The maximum atomic E-state index is 13.0. The molecule has 2 atom stereocenters. The molecule has 0 bridgehead atoms. The molecule has 4 N–H and O–H groups in total. The van der Waals surface area contributed by atoms with E-state index in [9.17, 15) is 9.90 Å². The number of carboxylic acid groups (broad SMARTS) is 1. The zero-order valence-corrected chi connectivity index (χ0v) is 17.3. The van der Waals surface area contributed by atoms with Crippen molar-refractivity contribution >= 4 is 18.2 Å². The molecular weight excluding hydrogens is 400 g/mol. The van der Waals surface area contributed by atoms with Gasteiger partial charge in [0.2, 0.25) is 0 Å². The molecule has 0 aliphatic carbocycles. The van der Waals surface area contributed by atoms with Crippen LogP contribution in [0, 0.1) is 0 Å². The number of carbonyl (C=O) groups is 2. The number of anilines is 1. The summed E-state index contributed by atoms with van der Waals surface area (Å²) in [6.45, 7) is 3.37. The van der Waals surface area contributed by atoms with Crippen LogP contribution in [0.4, 0.5) is 5.82 Å². The second-order valence-electron chi connectivity index (χ2n) is 7.51. The Bertz CT molecular complexity index is 875. The molecule has 0 radical (unpaired) electrons. The molecule has 2 aliphatic rings. The number of ether oxygens (including phenoxy) is 1. The van der Waals surface area contributed by atoms with Gasteiger partial charge in [0.15, 0.2) is 0 Å². The summed E-state index contributed by atoms with van der Waals surface area (Å²) >= 11 is 0. The second kappa shape index (κ2) is 10.3. The number of aromatic nitrogens is 1. The van der Waals surface area contributed by atoms with Crippen molar-refractivity contribution < 1.29 is 24.5 Å². The highest BCUT2D eigenvalue weighted by Crippen LogP contribution is 2.36. The standard InChI is InChI=1S/C21H26N4O3.CH2O2/c22-19-8-4-7-17(23-19)20(26)25-10-9-21(27,16-5-2-1-3-6-16)18(15-25)24-11-13-28-14-12-24;2-1-3/h1-8,18,27H,9-15H2,(H2,22,23);1H,(H,2,3)/t18-,21+;/m1./s1. The predicted molar refractivity (Wildman–Crippen MR) is 114 cm³/mol. The van der Waals surface area contributed by atoms with E-state index < -0.39 is 5.60 Å². The van der Waals surface area contributed by atoms with Crippen LogP contribution in [0.2, 0.25) is 0 Å². The van der Waals surface area contributed by atoms with E-state index in [2.05, 4.69) is 9.88 Å². The molecule has 0 spiro atoms. The third kappa shape index (κ3) is 5.19. The quantitative estimate of drug-likeness (QED) is 0.612. The lowest BCUT2D eigenvalue weighted by molar-refractivity contribution is -0.122. The highest BCUT2D eigenvalue weighted by molar-refractivity contribution is 5.92. The van der Waals surface area contributed by atoms with Crippen molar-refractivity contribution in [2.75, 3.05) is 45.1 Å². The van der Waals surface area contributed by atoms with Crippen LogP contribution in [-0.4, -0.2) is 82.8 Å². The number of hydrogen-bond donors (Lipinski definition) is 3. The minimum atomic E-state index is -1.02. The van der Waals surface area contributed by atoms with Gasteiger partial charge in [0, 0.05) is 26.2 Å². The maximum absolute atomic E-state index is 13.0. The summed E-state index contributed by atoms with van der Waals surface area (Å²) < 4.78 is 5.49. The number of pyridine rings is 1. The van der Waals surface area contributed by atoms with Gasteiger partial charge in [-0.25, -0.2) is 4.98 Å². The molecule has 0 saturated carbocycles. The molecule has 0 unspecified atom stereocenters. The number of hydrogen-bond acceptors (Lipinski definition) is 7. The number of benzene rings is 1. The highest BCUT2D eigenvalue weighted by Gasteiger charge is 2.47. The van der Waals surface area contributed by atoms with E-state index in [4.69, 9.17) is 20.4 Å². The topological polar surface area (TPSA) is 129 Å². The summed E-state index contributed by atoms with van der Waals surface area (Å²) in [6, 6.07) is 14.6. The van der Waals surface area contributed by atoms with E-state index in [0.717, 1.165) is 18.7 Å². The lowest BCUT2D eigenvalue weighted by Gasteiger charge is -2.50. The van der Waals surface area contributed by atoms with Gasteiger partial charge in [-0.3, -0.25) is 14.5 Å². The monoisotopic (exact) mass is 428 g/mol. The normalized spacial score (nSPS) is 24.0. The predicted octanol–water partition coefficient (Wildman–Crippen LogP) is 0.799. The number of piperidine rings is 1. The average Bonchev–Trinajstić information content (AvgIpc) is 2.80. The molecular formula is C22H28N4O5. The van der Waals surface area contributed by atoms with Gasteiger partial charge in [-0.15, -0.1) is 0 Å². The Hall–Kier alpha value is -3.01. The third-order valence-electron chi connectivity index (χ3n) is 5.74. The van der Waals surface area contributed by atoms with Gasteiger partial charge >= 0.3 is 0 Å². The fourth-order valence-electron chi connectivity index (χ4n) is 4.21. The molecule has 2 saturated heterocycles. The lowest BCUT2D eigenvalue weighted by atomic mass is 9.79. The summed E-state index contributed by atoms with van der Waals surface area (Å²) in [5, 5.41) is 18.6. The van der Waals surface area contributed by atoms with E-state index in [0.29, 0.717) is 44.2 Å². The number of likely N-dealkylation sites (tertiary alicyclic amines) is 1. The first-order valence-electron chi connectivity index (χ1n) is 10.2. The molecule has 2 fully saturated rings. The minimum absolute atomic E-state index is 0.152. The molecule has 3 heterocycles. The second-order valence-corrected chi connectivity index (χ2v) is 7.51. The lowest BCUT2D eigenvalue weighted by Crippen LogP contribution is -2.63. The van der Waals surface area contributed by atoms with Crippen LogP contribution in [0.5, 0.6) is 0 Å². The van der Waals surface area contributed by atoms with Gasteiger partial charge in [-0.2, -0.15) is 0 Å². The van der Waals surface area contributed by atoms with Crippen molar-refractivity contribution in [1.29, 1.82) is 0 Å². The zero-order valence-electron chi connectivity index (χ0n) is 17.3. The van der Waals surface area contributed by atoms with Gasteiger partial charge < -0.3 is 25.6 Å². The number of nitrogen functional groups attached to an aromatic ring is 1. The fraction of sp³-hybridized carbons (Fsp3) is 0.409. The molecule has 1 aromatic heterocycles. The average molecular weight is 428 g/mol. The molecule has 9 heteroatoms. The molecule has 4 rings (SSSR count). The van der Waals surface area contributed by atoms with Crippen molar-refractivity contribution in [2.24, 2.45) is 0 Å². The van der Waals surface area contributed by atoms with E-state index in [1.54, 1.807) is 23.1 Å². The first kappa shape index (κ1) is 22.7. The molecule has 2 aliphatic heterocycles. The largest absolute Gasteiger partial charge is 0.483 e. The Labute approximate surface area is 181 Å². The number of morpholine rings is 1. The van der Waals surface area contributed by atoms with Crippen molar-refractivity contribution in [1.82, 2.24) is 14.8 Å². The van der Waals surface area contributed by atoms with Crippen LogP contribution < -0.4 is 5.73 Å². The number of amides is 1. The molecule has 166 valence electrons. The molecule has 9 nitrogen and oxygen atoms in total. The number of rotatable bonds is 3. The summed E-state index contributed by atoms with van der Waals surface area (Å²) in [5.41, 5.74) is 5.96. The van der Waals surface area contributed by atoms with Gasteiger partial charge in [0.05, 0.1) is 19.3 Å². The van der Waals surface area contributed by atoms with Gasteiger partial charge in [-0.05, 0) is 24.1 Å². The van der Waals surface area contributed by atoms with E-state index in [-0.39, 0.29) is 18.4 Å². The fourth-order valence-corrected chi connectivity index (χ4v) is 4.21. The smallest absolute Gasteiger partial charge is 0.290 e. The Morgan fingerprint density at radius 2 is 1.81 bits per heavy atom. The van der Waals surface area contributed by atoms with Crippen molar-refractivity contribution in [3.05, 3.63) is 59.8 Å². The van der Waals surface area contributed by atoms with Gasteiger partial charge in [-0.1, -0.05) is 36.4 Å². The van der Waals surface area contributed by atoms with Crippen molar-refractivity contribution in [3.63, 3.8) is 0 Å². The summed E-state index contributed by atoms with van der Waals surface area (Å²) in [6.07, 6.45) is 0.465. The number of nitrogens with two attached hydrogens (primary N) is 1.